The van der Waals surface area contributed by atoms with Crippen molar-refractivity contribution < 1.29 is 52.2 Å². The number of unbranched alkanes of at least 4 members (excludes halogenated alkanes) is 39. The average molecular weight is 1040 g/mol. The third kappa shape index (κ3) is 53.1. The van der Waals surface area contributed by atoms with Crippen molar-refractivity contribution in [3.8, 4) is 0 Å². The third-order valence-electron chi connectivity index (χ3n) is 13.7. The van der Waals surface area contributed by atoms with Gasteiger partial charge in [0.15, 0.2) is 6.10 Å². The van der Waals surface area contributed by atoms with Gasteiger partial charge in [-0.2, -0.15) is 0 Å². The summed E-state index contributed by atoms with van der Waals surface area (Å²) in [6.07, 6.45) is 54.5. The maximum absolute atomic E-state index is 12.9. The summed E-state index contributed by atoms with van der Waals surface area (Å²) in [6, 6.07) is 0. The van der Waals surface area contributed by atoms with E-state index in [1.807, 2.05) is 0 Å². The van der Waals surface area contributed by atoms with Gasteiger partial charge in [-0.25, -0.2) is 4.57 Å². The number of carbonyl (C=O) groups is 3. The highest BCUT2D eigenvalue weighted by atomic mass is 31.2. The zero-order valence-corrected chi connectivity index (χ0v) is 48.1. The molecule has 0 saturated heterocycles. The van der Waals surface area contributed by atoms with Crippen LogP contribution in [0.2, 0.25) is 0 Å². The summed E-state index contributed by atoms with van der Waals surface area (Å²) in [7, 11) is -4.74. The SMILES string of the molecule is CCCCCCCC/C=C\CCCCCCCCCCCC(=O)OCC(COP(=O)(O)OCC(CO)OC(=O)CCCCCCCCCCCCCCC)OC(=O)CCCCCCCCCCCCCCC. The minimum absolute atomic E-state index is 0.176. The Morgan fingerprint density at radius 2 is 0.639 bits per heavy atom. The van der Waals surface area contributed by atoms with Crippen LogP contribution in [0, 0.1) is 0 Å². The molecule has 2 N–H and O–H groups in total. The number of aliphatic hydroxyl groups excluding tert-OH is 1. The van der Waals surface area contributed by atoms with Crippen LogP contribution in [-0.2, 0) is 42.2 Å². The fourth-order valence-corrected chi connectivity index (χ4v) is 9.78. The Hall–Kier alpha value is -1.78. The molecule has 0 aliphatic heterocycles. The molecule has 0 heterocycles. The molecule has 0 aromatic rings. The van der Waals surface area contributed by atoms with Gasteiger partial charge in [0.1, 0.15) is 12.7 Å². The molecule has 0 aliphatic rings. The van der Waals surface area contributed by atoms with Crippen molar-refractivity contribution in [2.24, 2.45) is 0 Å². The first-order chi connectivity index (χ1) is 35.2. The molecule has 0 radical (unpaired) electrons. The second-order valence-corrected chi connectivity index (χ2v) is 22.3. The van der Waals surface area contributed by atoms with Crippen molar-refractivity contribution in [3.63, 3.8) is 0 Å². The van der Waals surface area contributed by atoms with E-state index < -0.39 is 57.8 Å². The molecule has 0 saturated carbocycles. The Morgan fingerprint density at radius 1 is 0.375 bits per heavy atom. The number of ether oxygens (including phenoxy) is 3. The number of phosphoric acid groups is 1. The molecular weight excluding hydrogens is 928 g/mol. The number of hydrogen-bond acceptors (Lipinski definition) is 10. The van der Waals surface area contributed by atoms with Gasteiger partial charge in [0, 0.05) is 19.3 Å². The van der Waals surface area contributed by atoms with E-state index in [1.54, 1.807) is 0 Å². The average Bonchev–Trinajstić information content (AvgIpc) is 3.37. The van der Waals surface area contributed by atoms with Gasteiger partial charge in [0.2, 0.25) is 0 Å². The molecule has 12 heteroatoms. The monoisotopic (exact) mass is 1040 g/mol. The lowest BCUT2D eigenvalue weighted by Gasteiger charge is -2.21. The molecule has 0 aromatic heterocycles. The Morgan fingerprint density at radius 3 is 0.958 bits per heavy atom. The number of rotatable bonds is 58. The van der Waals surface area contributed by atoms with Gasteiger partial charge in [-0.3, -0.25) is 23.4 Å². The van der Waals surface area contributed by atoms with Crippen LogP contribution in [0.15, 0.2) is 12.2 Å². The highest BCUT2D eigenvalue weighted by Crippen LogP contribution is 2.43. The highest BCUT2D eigenvalue weighted by molar-refractivity contribution is 7.47. The molecule has 11 nitrogen and oxygen atoms in total. The first-order valence-corrected chi connectivity index (χ1v) is 32.1. The van der Waals surface area contributed by atoms with Crippen molar-refractivity contribution >= 4 is 25.7 Å². The van der Waals surface area contributed by atoms with Crippen LogP contribution in [-0.4, -0.2) is 66.5 Å². The number of allylic oxidation sites excluding steroid dienone is 2. The summed E-state index contributed by atoms with van der Waals surface area (Å²) in [4.78, 5) is 48.6. The largest absolute Gasteiger partial charge is 0.472 e. The molecule has 0 aliphatic carbocycles. The molecule has 426 valence electrons. The van der Waals surface area contributed by atoms with E-state index in [1.165, 1.54) is 199 Å². The van der Waals surface area contributed by atoms with Gasteiger partial charge in [0.05, 0.1) is 19.8 Å². The normalized spacial score (nSPS) is 13.3. The van der Waals surface area contributed by atoms with E-state index in [9.17, 15) is 28.9 Å². The van der Waals surface area contributed by atoms with Gasteiger partial charge in [-0.15, -0.1) is 0 Å². The molecular formula is C60H115O11P. The number of aliphatic hydroxyl groups is 1. The van der Waals surface area contributed by atoms with E-state index >= 15 is 0 Å². The Kier molecular flexibility index (Phi) is 54.1. The number of carbonyl (C=O) groups excluding carboxylic acids is 3. The summed E-state index contributed by atoms with van der Waals surface area (Å²) in [5, 5.41) is 9.81. The maximum Gasteiger partial charge on any atom is 0.472 e. The number of esters is 3. The summed E-state index contributed by atoms with van der Waals surface area (Å²) in [5.41, 5.74) is 0. The van der Waals surface area contributed by atoms with Crippen molar-refractivity contribution in [1.82, 2.24) is 0 Å². The van der Waals surface area contributed by atoms with E-state index in [4.69, 9.17) is 23.3 Å². The molecule has 0 spiro atoms. The lowest BCUT2D eigenvalue weighted by molar-refractivity contribution is -0.161. The smallest absolute Gasteiger partial charge is 0.462 e. The van der Waals surface area contributed by atoms with Gasteiger partial charge < -0.3 is 24.2 Å². The van der Waals surface area contributed by atoms with E-state index in [-0.39, 0.29) is 25.9 Å². The van der Waals surface area contributed by atoms with Crippen molar-refractivity contribution in [2.45, 2.75) is 328 Å². The topological polar surface area (TPSA) is 155 Å². The Balaban J connectivity index is 4.63. The Bertz CT molecular complexity index is 1260. The zero-order valence-electron chi connectivity index (χ0n) is 47.2. The van der Waals surface area contributed by atoms with Gasteiger partial charge in [-0.1, -0.05) is 264 Å². The van der Waals surface area contributed by atoms with E-state index in [0.29, 0.717) is 19.3 Å². The molecule has 3 unspecified atom stereocenters. The third-order valence-corrected chi connectivity index (χ3v) is 14.6. The highest BCUT2D eigenvalue weighted by Gasteiger charge is 2.28. The quantitative estimate of drug-likeness (QED) is 0.0197. The van der Waals surface area contributed by atoms with Crippen LogP contribution < -0.4 is 0 Å². The molecule has 72 heavy (non-hydrogen) atoms. The van der Waals surface area contributed by atoms with Gasteiger partial charge >= 0.3 is 25.7 Å². The zero-order chi connectivity index (χ0) is 52.7. The van der Waals surface area contributed by atoms with Gasteiger partial charge in [0.25, 0.3) is 0 Å². The standard InChI is InChI=1S/C60H115O11P/c1-4-7-10-13-16-19-22-25-26-27-28-29-30-33-34-37-40-43-46-49-58(62)67-53-57(71-60(64)51-48-45-42-39-36-32-24-21-18-15-12-9-6-3)55-69-72(65,66)68-54-56(52-61)70-59(63)50-47-44-41-38-35-31-23-20-17-14-11-8-5-2/h25-26,56-57,61H,4-24,27-55H2,1-3H3,(H,65,66)/b26-25-. The van der Waals surface area contributed by atoms with Crippen LogP contribution in [0.1, 0.15) is 316 Å². The fourth-order valence-electron chi connectivity index (χ4n) is 9.00. The molecule has 3 atom stereocenters. The lowest BCUT2D eigenvalue weighted by atomic mass is 10.0. The fraction of sp³-hybridized carbons (Fsp3) is 0.917. The first kappa shape index (κ1) is 70.2. The number of hydrogen-bond donors (Lipinski definition) is 2. The molecule has 0 bridgehead atoms. The van der Waals surface area contributed by atoms with E-state index in [2.05, 4.69) is 32.9 Å². The second kappa shape index (κ2) is 55.5. The van der Waals surface area contributed by atoms with Crippen LogP contribution in [0.5, 0.6) is 0 Å². The summed E-state index contributed by atoms with van der Waals surface area (Å²) in [6.45, 7) is 4.70. The predicted octanol–water partition coefficient (Wildman–Crippen LogP) is 18.0. The molecule has 0 aromatic carbocycles. The van der Waals surface area contributed by atoms with Crippen molar-refractivity contribution in [3.05, 3.63) is 12.2 Å². The second-order valence-electron chi connectivity index (χ2n) is 20.9. The first-order valence-electron chi connectivity index (χ1n) is 30.6. The lowest BCUT2D eigenvalue weighted by Crippen LogP contribution is -2.30. The molecule has 0 amide bonds. The Labute approximate surface area is 443 Å². The van der Waals surface area contributed by atoms with Crippen LogP contribution >= 0.6 is 7.82 Å². The molecule has 0 rings (SSSR count). The minimum Gasteiger partial charge on any atom is -0.462 e. The minimum atomic E-state index is -4.74. The maximum atomic E-state index is 12.9. The summed E-state index contributed by atoms with van der Waals surface area (Å²) in [5.74, 6) is -1.43. The van der Waals surface area contributed by atoms with Crippen molar-refractivity contribution in [2.75, 3.05) is 26.4 Å². The van der Waals surface area contributed by atoms with Crippen LogP contribution in [0.3, 0.4) is 0 Å². The molecule has 0 fully saturated rings. The summed E-state index contributed by atoms with van der Waals surface area (Å²) < 4.78 is 39.6. The van der Waals surface area contributed by atoms with E-state index in [0.717, 1.165) is 57.8 Å². The van der Waals surface area contributed by atoms with Crippen LogP contribution in [0.25, 0.3) is 0 Å². The predicted molar refractivity (Wildman–Crippen MR) is 298 cm³/mol. The van der Waals surface area contributed by atoms with Crippen LogP contribution in [0.4, 0.5) is 0 Å². The summed E-state index contributed by atoms with van der Waals surface area (Å²) >= 11 is 0. The van der Waals surface area contributed by atoms with Gasteiger partial charge in [-0.05, 0) is 44.9 Å². The number of phosphoric ester groups is 1. The van der Waals surface area contributed by atoms with Crippen molar-refractivity contribution in [1.29, 1.82) is 0 Å².